The van der Waals surface area contributed by atoms with E-state index in [1.165, 1.54) is 0 Å². The van der Waals surface area contributed by atoms with Crippen LogP contribution in [0.15, 0.2) is 34.9 Å². The van der Waals surface area contributed by atoms with Gasteiger partial charge in [0.05, 0.1) is 17.2 Å². The highest BCUT2D eigenvalue weighted by molar-refractivity contribution is 9.10. The van der Waals surface area contributed by atoms with Crippen molar-refractivity contribution in [3.8, 4) is 12.3 Å². The Morgan fingerprint density at radius 3 is 3.06 bits per heavy atom. The molecule has 1 heterocycles. The van der Waals surface area contributed by atoms with Crippen LogP contribution < -0.4 is 5.32 Å². The molecule has 80 valence electrons. The van der Waals surface area contributed by atoms with Crippen molar-refractivity contribution in [2.45, 2.75) is 13.0 Å². The van der Waals surface area contributed by atoms with Crippen molar-refractivity contribution < 1.29 is 0 Å². The van der Waals surface area contributed by atoms with Crippen molar-refractivity contribution in [3.63, 3.8) is 0 Å². The van der Waals surface area contributed by atoms with Gasteiger partial charge in [0, 0.05) is 16.1 Å². The minimum atomic E-state index is -0.00366. The van der Waals surface area contributed by atoms with E-state index in [-0.39, 0.29) is 6.04 Å². The molecule has 2 nitrogen and oxygen atoms in total. The van der Waals surface area contributed by atoms with Crippen molar-refractivity contribution >= 4 is 32.5 Å². The summed E-state index contributed by atoms with van der Waals surface area (Å²) < 4.78 is 0.974. The van der Waals surface area contributed by atoms with Crippen LogP contribution in [0.4, 0.5) is 5.69 Å². The van der Waals surface area contributed by atoms with Crippen LogP contribution in [0.5, 0.6) is 0 Å². The summed E-state index contributed by atoms with van der Waals surface area (Å²) in [6, 6.07) is 8.03. The van der Waals surface area contributed by atoms with Gasteiger partial charge in [-0.05, 0) is 35.0 Å². The van der Waals surface area contributed by atoms with E-state index in [2.05, 4.69) is 32.2 Å². The molecule has 0 saturated heterocycles. The maximum atomic E-state index is 5.35. The maximum Gasteiger partial charge on any atom is 0.0934 e. The fraction of sp³-hybridized carbons (Fsp3) is 0.154. The first-order valence-electron chi connectivity index (χ1n) is 4.97. The molecule has 0 saturated carbocycles. The summed E-state index contributed by atoms with van der Waals surface area (Å²) >= 11 is 3.41. The van der Waals surface area contributed by atoms with E-state index in [1.54, 1.807) is 6.20 Å². The topological polar surface area (TPSA) is 24.9 Å². The Kier molecular flexibility index (Phi) is 3.12. The molecule has 0 aliphatic carbocycles. The monoisotopic (exact) mass is 274 g/mol. The fourth-order valence-electron chi connectivity index (χ4n) is 1.53. The van der Waals surface area contributed by atoms with Gasteiger partial charge in [0.2, 0.25) is 0 Å². The lowest BCUT2D eigenvalue weighted by atomic mass is 10.2. The van der Waals surface area contributed by atoms with Gasteiger partial charge in [0.1, 0.15) is 0 Å². The van der Waals surface area contributed by atoms with Gasteiger partial charge in [-0.15, -0.1) is 6.42 Å². The minimum absolute atomic E-state index is 0.00366. The Morgan fingerprint density at radius 2 is 2.31 bits per heavy atom. The van der Waals surface area contributed by atoms with Gasteiger partial charge in [0.25, 0.3) is 0 Å². The summed E-state index contributed by atoms with van der Waals surface area (Å²) in [5.41, 5.74) is 1.91. The number of pyridine rings is 1. The van der Waals surface area contributed by atoms with Crippen LogP contribution in [-0.4, -0.2) is 11.0 Å². The number of anilines is 1. The number of benzene rings is 1. The lowest BCUT2D eigenvalue weighted by Gasteiger charge is -2.11. The molecule has 0 aliphatic heterocycles. The van der Waals surface area contributed by atoms with Crippen LogP contribution in [0.1, 0.15) is 6.92 Å². The molecule has 1 atom stereocenters. The molecule has 0 radical (unpaired) electrons. The van der Waals surface area contributed by atoms with Crippen molar-refractivity contribution in [3.05, 3.63) is 34.9 Å². The lowest BCUT2D eigenvalue weighted by Crippen LogP contribution is -2.12. The van der Waals surface area contributed by atoms with E-state index in [9.17, 15) is 0 Å². The minimum Gasteiger partial charge on any atom is -0.370 e. The smallest absolute Gasteiger partial charge is 0.0934 e. The Labute approximate surface area is 103 Å². The number of hydrogen-bond donors (Lipinski definition) is 1. The number of fused-ring (bicyclic) bond motifs is 1. The van der Waals surface area contributed by atoms with Crippen LogP contribution in [-0.2, 0) is 0 Å². The van der Waals surface area contributed by atoms with Crippen molar-refractivity contribution in [1.82, 2.24) is 4.98 Å². The molecule has 1 aromatic carbocycles. The largest absolute Gasteiger partial charge is 0.370 e. The molecule has 0 fully saturated rings. The van der Waals surface area contributed by atoms with Crippen molar-refractivity contribution in [2.75, 3.05) is 5.32 Å². The number of hydrogen-bond acceptors (Lipinski definition) is 2. The van der Waals surface area contributed by atoms with Gasteiger partial charge in [0.15, 0.2) is 0 Å². The zero-order valence-corrected chi connectivity index (χ0v) is 10.5. The molecule has 0 bridgehead atoms. The number of halogens is 1. The highest BCUT2D eigenvalue weighted by Gasteiger charge is 2.04. The van der Waals surface area contributed by atoms with Crippen LogP contribution in [0, 0.1) is 12.3 Å². The van der Waals surface area contributed by atoms with Crippen LogP contribution in [0.2, 0.25) is 0 Å². The van der Waals surface area contributed by atoms with Gasteiger partial charge in [-0.1, -0.05) is 18.1 Å². The van der Waals surface area contributed by atoms with Crippen LogP contribution in [0.3, 0.4) is 0 Å². The first kappa shape index (κ1) is 11.0. The molecule has 0 amide bonds. The van der Waals surface area contributed by atoms with Gasteiger partial charge >= 0.3 is 0 Å². The van der Waals surface area contributed by atoms with Gasteiger partial charge in [-0.3, -0.25) is 4.98 Å². The predicted octanol–water partition coefficient (Wildman–Crippen LogP) is 3.43. The quantitative estimate of drug-likeness (QED) is 0.849. The van der Waals surface area contributed by atoms with Crippen LogP contribution >= 0.6 is 15.9 Å². The zero-order valence-electron chi connectivity index (χ0n) is 8.87. The lowest BCUT2D eigenvalue weighted by molar-refractivity contribution is 1.04. The summed E-state index contributed by atoms with van der Waals surface area (Å²) in [5.74, 6) is 2.64. The fourth-order valence-corrected chi connectivity index (χ4v) is 1.87. The molecular weight excluding hydrogens is 264 g/mol. The maximum absolute atomic E-state index is 5.35. The number of rotatable bonds is 2. The highest BCUT2D eigenvalue weighted by atomic mass is 79.9. The Bertz CT molecular complexity index is 557. The molecular formula is C13H11BrN2. The van der Waals surface area contributed by atoms with Gasteiger partial charge in [-0.25, -0.2) is 0 Å². The summed E-state index contributed by atoms with van der Waals surface area (Å²) in [4.78, 5) is 4.39. The van der Waals surface area contributed by atoms with E-state index in [4.69, 9.17) is 6.42 Å². The number of terminal acetylenes is 1. The molecule has 0 aliphatic rings. The molecule has 16 heavy (non-hydrogen) atoms. The number of nitrogens with zero attached hydrogens (tertiary/aromatic N) is 1. The van der Waals surface area contributed by atoms with E-state index in [0.29, 0.717) is 0 Å². The Morgan fingerprint density at radius 1 is 1.50 bits per heavy atom. The third-order valence-corrected chi connectivity index (χ3v) is 2.73. The third-order valence-electron chi connectivity index (χ3n) is 2.30. The second-order valence-electron chi connectivity index (χ2n) is 3.56. The summed E-state index contributed by atoms with van der Waals surface area (Å²) in [5, 5.41) is 4.33. The van der Waals surface area contributed by atoms with Crippen molar-refractivity contribution in [1.29, 1.82) is 0 Å². The van der Waals surface area contributed by atoms with Gasteiger partial charge < -0.3 is 5.32 Å². The summed E-state index contributed by atoms with van der Waals surface area (Å²) in [7, 11) is 0. The molecule has 0 spiro atoms. The summed E-state index contributed by atoms with van der Waals surface area (Å²) in [6.07, 6.45) is 7.13. The Balaban J connectivity index is 2.50. The molecule has 1 N–H and O–H groups in total. The van der Waals surface area contributed by atoms with E-state index in [1.807, 2.05) is 31.2 Å². The molecule has 2 aromatic rings. The number of para-hydroxylation sites is 1. The zero-order chi connectivity index (χ0) is 11.5. The standard InChI is InChI=1S/C13H11BrN2/c1-3-9(2)16-12-6-4-5-10-7-11(14)8-15-13(10)12/h1,4-9,16H,2H3. The normalized spacial score (nSPS) is 12.1. The molecule has 1 aromatic heterocycles. The molecule has 1 unspecified atom stereocenters. The summed E-state index contributed by atoms with van der Waals surface area (Å²) in [6.45, 7) is 1.94. The van der Waals surface area contributed by atoms with Crippen LogP contribution in [0.25, 0.3) is 10.9 Å². The van der Waals surface area contributed by atoms with E-state index < -0.39 is 0 Å². The second-order valence-corrected chi connectivity index (χ2v) is 4.48. The van der Waals surface area contributed by atoms with Crippen molar-refractivity contribution in [2.24, 2.45) is 0 Å². The van der Waals surface area contributed by atoms with E-state index in [0.717, 1.165) is 21.1 Å². The predicted molar refractivity (Wildman–Crippen MR) is 71.4 cm³/mol. The van der Waals surface area contributed by atoms with E-state index >= 15 is 0 Å². The first-order chi connectivity index (χ1) is 7.70. The molecule has 3 heteroatoms. The second kappa shape index (κ2) is 4.54. The third kappa shape index (κ3) is 2.17. The average molecular weight is 275 g/mol. The first-order valence-corrected chi connectivity index (χ1v) is 5.77. The number of nitrogens with one attached hydrogen (secondary N) is 1. The van der Waals surface area contributed by atoms with Gasteiger partial charge in [-0.2, -0.15) is 0 Å². The Hall–Kier alpha value is -1.53. The molecule has 2 rings (SSSR count). The number of aromatic nitrogens is 1. The SMILES string of the molecule is C#CC(C)Nc1cccc2cc(Br)cnc12. The average Bonchev–Trinajstić information content (AvgIpc) is 2.28. The highest BCUT2D eigenvalue weighted by Crippen LogP contribution is 2.24.